The van der Waals surface area contributed by atoms with Gasteiger partial charge in [0.25, 0.3) is 0 Å². The Morgan fingerprint density at radius 2 is 0.946 bits per heavy atom. The first-order valence-electron chi connectivity index (χ1n) is 12.1. The van der Waals surface area contributed by atoms with Gasteiger partial charge in [-0.3, -0.25) is 0 Å². The van der Waals surface area contributed by atoms with Crippen LogP contribution in [0.25, 0.3) is 64.8 Å². The van der Waals surface area contributed by atoms with Crippen molar-refractivity contribution in [2.45, 2.75) is 0 Å². The predicted molar refractivity (Wildman–Crippen MR) is 151 cm³/mol. The molecule has 4 nitrogen and oxygen atoms in total. The molecule has 0 N–H and O–H groups in total. The van der Waals surface area contributed by atoms with Gasteiger partial charge in [0.1, 0.15) is 0 Å². The van der Waals surface area contributed by atoms with E-state index in [2.05, 4.69) is 54.6 Å². The van der Waals surface area contributed by atoms with Crippen LogP contribution in [0.2, 0.25) is 0 Å². The zero-order valence-electron chi connectivity index (χ0n) is 19.7. The number of aromatic nitrogens is 4. The monoisotopic (exact) mass is 540 g/mol. The summed E-state index contributed by atoms with van der Waals surface area (Å²) >= 11 is 0.123. The Morgan fingerprint density at radius 1 is 0.432 bits per heavy atom. The topological polar surface area (TPSA) is 51.6 Å². The summed E-state index contributed by atoms with van der Waals surface area (Å²) in [6, 6.07) is 41.4. The maximum atomic E-state index is 4.99. The van der Waals surface area contributed by atoms with Crippen LogP contribution in [-0.2, 0) is 0 Å². The van der Waals surface area contributed by atoms with E-state index in [4.69, 9.17) is 19.9 Å². The summed E-state index contributed by atoms with van der Waals surface area (Å²) in [7, 11) is 0. The normalized spacial score (nSPS) is 11.2. The molecular weight excluding hydrogens is 519 g/mol. The molecule has 2 heterocycles. The Bertz CT molecular complexity index is 1810. The van der Waals surface area contributed by atoms with Crippen molar-refractivity contribution in [2.24, 2.45) is 0 Å². The summed E-state index contributed by atoms with van der Waals surface area (Å²) in [5.41, 5.74) is 5.17. The van der Waals surface area contributed by atoms with E-state index in [1.807, 2.05) is 66.7 Å². The van der Waals surface area contributed by atoms with Crippen molar-refractivity contribution in [1.29, 1.82) is 0 Å². The van der Waals surface area contributed by atoms with E-state index in [1.54, 1.807) is 0 Å². The Hall–Kier alpha value is -4.44. The van der Waals surface area contributed by atoms with E-state index in [0.717, 1.165) is 22.2 Å². The molecule has 0 amide bonds. The number of fused-ring (bicyclic) bond motifs is 3. The van der Waals surface area contributed by atoms with Crippen LogP contribution in [-0.4, -0.2) is 34.4 Å². The molecule has 5 heteroatoms. The average Bonchev–Trinajstić information content (AvgIpc) is 3.43. The molecule has 2 aromatic heterocycles. The van der Waals surface area contributed by atoms with Crippen LogP contribution in [0.4, 0.5) is 0 Å². The van der Waals surface area contributed by atoms with Crippen LogP contribution in [0.3, 0.4) is 0 Å². The zero-order chi connectivity index (χ0) is 24.6. The van der Waals surface area contributed by atoms with Gasteiger partial charge >= 0.3 is 221 Å². The first kappa shape index (κ1) is 21.8. The van der Waals surface area contributed by atoms with Crippen LogP contribution in [0.1, 0.15) is 0 Å². The quantitative estimate of drug-likeness (QED) is 0.220. The van der Waals surface area contributed by atoms with Crippen LogP contribution >= 0.6 is 0 Å². The van der Waals surface area contributed by atoms with Gasteiger partial charge in [0.05, 0.1) is 0 Å². The molecule has 0 radical (unpaired) electrons. The molecule has 0 saturated heterocycles. The first-order valence-corrected chi connectivity index (χ1v) is 13.8. The van der Waals surface area contributed by atoms with Crippen molar-refractivity contribution in [3.8, 4) is 44.3 Å². The van der Waals surface area contributed by atoms with E-state index in [1.165, 1.54) is 25.2 Å². The van der Waals surface area contributed by atoms with E-state index >= 15 is 0 Å². The van der Waals surface area contributed by atoms with Crippen LogP contribution in [0.15, 0.2) is 121 Å². The molecule has 0 fully saturated rings. The van der Waals surface area contributed by atoms with Crippen molar-refractivity contribution >= 4 is 35.1 Å². The van der Waals surface area contributed by atoms with Gasteiger partial charge in [-0.05, 0) is 0 Å². The van der Waals surface area contributed by atoms with Crippen molar-refractivity contribution in [2.75, 3.05) is 0 Å². The van der Waals surface area contributed by atoms with E-state index in [0.29, 0.717) is 17.5 Å². The summed E-state index contributed by atoms with van der Waals surface area (Å²) in [6.07, 6.45) is 0. The molecule has 5 aromatic carbocycles. The molecule has 7 aromatic rings. The second-order valence-corrected chi connectivity index (χ2v) is 10.9. The predicted octanol–water partition coefficient (Wildman–Crippen LogP) is 7.30. The summed E-state index contributed by atoms with van der Waals surface area (Å²) in [5.74, 6) is 2.01. The standard InChI is InChI=1S/C32H20N4Se/c1-4-10-22(11-5-1)29-34-30(23-12-6-2-7-13-23)36-31(35-29)25-17-16-21-18-19-27-28(26(21)20-25)37-32(33-27)24-14-8-3-9-15-24/h1-20H. The van der Waals surface area contributed by atoms with Crippen LogP contribution < -0.4 is 0 Å². The van der Waals surface area contributed by atoms with Gasteiger partial charge in [-0.2, -0.15) is 0 Å². The number of rotatable bonds is 4. The average molecular weight is 540 g/mol. The number of nitrogens with zero attached hydrogens (tertiary/aromatic N) is 4. The van der Waals surface area contributed by atoms with Crippen LogP contribution in [0, 0.1) is 0 Å². The third-order valence-corrected chi connectivity index (χ3v) is 8.77. The molecule has 0 atom stereocenters. The Labute approximate surface area is 220 Å². The third kappa shape index (κ3) is 4.15. The fourth-order valence-electron chi connectivity index (χ4n) is 4.49. The Balaban J connectivity index is 1.42. The first-order chi connectivity index (χ1) is 18.3. The molecule has 7 rings (SSSR count). The van der Waals surface area contributed by atoms with Gasteiger partial charge in [-0.1, -0.05) is 0 Å². The summed E-state index contributed by atoms with van der Waals surface area (Å²) in [6.45, 7) is 0. The maximum absolute atomic E-state index is 4.99. The molecule has 37 heavy (non-hydrogen) atoms. The fourth-order valence-corrected chi connectivity index (χ4v) is 6.79. The second-order valence-electron chi connectivity index (χ2n) is 8.77. The SMILES string of the molecule is c1ccc(-c2nc(-c3ccccc3)nc(-c3ccc4ccc5nc(-c6ccccc6)[se]c5c4c3)n2)cc1. The molecule has 0 aliphatic heterocycles. The molecular formula is C32H20N4Se. The van der Waals surface area contributed by atoms with Crippen LogP contribution in [0.5, 0.6) is 0 Å². The van der Waals surface area contributed by atoms with Gasteiger partial charge in [0.15, 0.2) is 0 Å². The minimum atomic E-state index is 0.123. The number of hydrogen-bond donors (Lipinski definition) is 0. The number of benzene rings is 5. The molecule has 0 bridgehead atoms. The molecule has 0 aliphatic carbocycles. The summed E-state index contributed by atoms with van der Waals surface area (Å²) < 4.78 is 2.48. The van der Waals surface area contributed by atoms with Crippen molar-refractivity contribution < 1.29 is 0 Å². The van der Waals surface area contributed by atoms with Crippen molar-refractivity contribution in [3.05, 3.63) is 121 Å². The third-order valence-electron chi connectivity index (χ3n) is 6.35. The van der Waals surface area contributed by atoms with E-state index in [9.17, 15) is 0 Å². The number of hydrogen-bond acceptors (Lipinski definition) is 4. The molecule has 0 unspecified atom stereocenters. The molecule has 174 valence electrons. The Kier molecular flexibility index (Phi) is 5.43. The molecule has 0 saturated carbocycles. The van der Waals surface area contributed by atoms with Gasteiger partial charge < -0.3 is 0 Å². The van der Waals surface area contributed by atoms with Gasteiger partial charge in [-0.25, -0.2) is 0 Å². The van der Waals surface area contributed by atoms with Gasteiger partial charge in [0, 0.05) is 0 Å². The Morgan fingerprint density at radius 3 is 1.54 bits per heavy atom. The second kappa shape index (κ2) is 9.21. The van der Waals surface area contributed by atoms with E-state index in [-0.39, 0.29) is 14.5 Å². The van der Waals surface area contributed by atoms with Crippen molar-refractivity contribution in [3.63, 3.8) is 0 Å². The molecule has 0 spiro atoms. The summed E-state index contributed by atoms with van der Waals surface area (Å²) in [4.78, 5) is 19.6. The van der Waals surface area contributed by atoms with Gasteiger partial charge in [0.2, 0.25) is 0 Å². The van der Waals surface area contributed by atoms with Gasteiger partial charge in [-0.15, -0.1) is 0 Å². The summed E-state index contributed by atoms with van der Waals surface area (Å²) in [5, 5.41) is 2.42. The van der Waals surface area contributed by atoms with E-state index < -0.39 is 0 Å². The van der Waals surface area contributed by atoms with Crippen molar-refractivity contribution in [1.82, 2.24) is 19.9 Å². The molecule has 0 aliphatic rings. The zero-order valence-corrected chi connectivity index (χ0v) is 21.5. The fraction of sp³-hybridized carbons (Fsp3) is 0. The minimum absolute atomic E-state index is 0.123.